The van der Waals surface area contributed by atoms with Crippen LogP contribution in [0.25, 0.3) is 0 Å². The van der Waals surface area contributed by atoms with Gasteiger partial charge in [0.2, 0.25) is 10.0 Å². The number of nitrogens with one attached hydrogen (secondary N) is 1. The van der Waals surface area contributed by atoms with Gasteiger partial charge in [0, 0.05) is 30.9 Å². The highest BCUT2D eigenvalue weighted by molar-refractivity contribution is 7.89. The fourth-order valence-electron chi connectivity index (χ4n) is 0.973. The summed E-state index contributed by atoms with van der Waals surface area (Å²) >= 11 is 1.45. The second-order valence-electron chi connectivity index (χ2n) is 3.07. The van der Waals surface area contributed by atoms with E-state index < -0.39 is 10.0 Å². The van der Waals surface area contributed by atoms with Crippen LogP contribution in [0.5, 0.6) is 0 Å². The molecular weight excluding hydrogens is 220 g/mol. The number of nitrogens with zero attached hydrogens (tertiary/aromatic N) is 1. The maximum atomic E-state index is 11.7. The molecule has 1 aromatic heterocycles. The first kappa shape index (κ1) is 11.6. The highest BCUT2D eigenvalue weighted by Gasteiger charge is 2.18. The zero-order chi connectivity index (χ0) is 10.8. The molecule has 0 saturated heterocycles. The van der Waals surface area contributed by atoms with Gasteiger partial charge in [0.05, 0.1) is 4.90 Å². The van der Waals surface area contributed by atoms with Crippen molar-refractivity contribution in [3.63, 3.8) is 0 Å². The molecule has 1 N–H and O–H groups in total. The van der Waals surface area contributed by atoms with Crippen molar-refractivity contribution in [1.29, 1.82) is 0 Å². The van der Waals surface area contributed by atoms with Crippen molar-refractivity contribution in [3.05, 3.63) is 16.3 Å². The summed E-state index contributed by atoms with van der Waals surface area (Å²) in [6.45, 7) is 0.702. The van der Waals surface area contributed by atoms with E-state index in [2.05, 4.69) is 5.32 Å². The fraction of sp³-hybridized carbons (Fsp3) is 0.500. The lowest BCUT2D eigenvalue weighted by atomic mass is 10.5. The van der Waals surface area contributed by atoms with Crippen molar-refractivity contribution >= 4 is 21.4 Å². The fourth-order valence-corrected chi connectivity index (χ4v) is 3.15. The lowest BCUT2D eigenvalue weighted by Gasteiger charge is -2.08. The normalized spacial score (nSPS) is 12.3. The maximum Gasteiger partial charge on any atom is 0.243 e. The first-order valence-electron chi connectivity index (χ1n) is 4.13. The van der Waals surface area contributed by atoms with Gasteiger partial charge in [-0.1, -0.05) is 0 Å². The monoisotopic (exact) mass is 234 g/mol. The molecule has 0 amide bonds. The van der Waals surface area contributed by atoms with Crippen LogP contribution in [0, 0.1) is 0 Å². The van der Waals surface area contributed by atoms with E-state index in [1.165, 1.54) is 29.7 Å². The van der Waals surface area contributed by atoms with E-state index in [9.17, 15) is 8.42 Å². The average molecular weight is 234 g/mol. The van der Waals surface area contributed by atoms with Crippen LogP contribution >= 0.6 is 11.3 Å². The molecule has 0 bridgehead atoms. The van der Waals surface area contributed by atoms with Gasteiger partial charge >= 0.3 is 0 Å². The van der Waals surface area contributed by atoms with Crippen molar-refractivity contribution in [2.45, 2.75) is 11.4 Å². The Morgan fingerprint density at radius 2 is 2.14 bits per heavy atom. The van der Waals surface area contributed by atoms with Crippen molar-refractivity contribution < 1.29 is 8.42 Å². The topological polar surface area (TPSA) is 49.4 Å². The van der Waals surface area contributed by atoms with E-state index in [1.54, 1.807) is 11.4 Å². The van der Waals surface area contributed by atoms with Gasteiger partial charge in [-0.15, -0.1) is 11.3 Å². The van der Waals surface area contributed by atoms with E-state index in [4.69, 9.17) is 0 Å². The molecule has 0 atom stereocenters. The highest BCUT2D eigenvalue weighted by Crippen LogP contribution is 2.20. The minimum atomic E-state index is -3.26. The summed E-state index contributed by atoms with van der Waals surface area (Å²) in [4.78, 5) is 1.39. The van der Waals surface area contributed by atoms with E-state index in [0.29, 0.717) is 11.4 Å². The van der Waals surface area contributed by atoms with Crippen molar-refractivity contribution in [3.8, 4) is 0 Å². The lowest BCUT2D eigenvalue weighted by molar-refractivity contribution is 0.521. The Labute approximate surface area is 88.6 Å². The summed E-state index contributed by atoms with van der Waals surface area (Å²) in [5, 5.41) is 4.65. The van der Waals surface area contributed by atoms with E-state index in [1.807, 2.05) is 7.05 Å². The van der Waals surface area contributed by atoms with Gasteiger partial charge in [-0.3, -0.25) is 0 Å². The smallest absolute Gasteiger partial charge is 0.243 e. The van der Waals surface area contributed by atoms with Crippen LogP contribution in [-0.4, -0.2) is 33.9 Å². The van der Waals surface area contributed by atoms with Crippen molar-refractivity contribution in [1.82, 2.24) is 9.62 Å². The molecule has 1 rings (SSSR count). The van der Waals surface area contributed by atoms with E-state index >= 15 is 0 Å². The van der Waals surface area contributed by atoms with E-state index in [0.717, 1.165) is 4.88 Å². The molecular formula is C8H14N2O2S2. The number of hydrogen-bond acceptors (Lipinski definition) is 4. The van der Waals surface area contributed by atoms with Crippen molar-refractivity contribution in [2.75, 3.05) is 21.1 Å². The summed E-state index contributed by atoms with van der Waals surface area (Å²) in [6.07, 6.45) is 0. The molecule has 0 fully saturated rings. The van der Waals surface area contributed by atoms with Crippen LogP contribution in [0.2, 0.25) is 0 Å². The number of sulfonamides is 1. The molecule has 4 nitrogen and oxygen atoms in total. The predicted molar refractivity (Wildman–Crippen MR) is 58.0 cm³/mol. The van der Waals surface area contributed by atoms with Gasteiger partial charge in [-0.2, -0.15) is 0 Å². The standard InChI is InChI=1S/C8H14N2O2S2/c1-9-5-7-4-8(6-13-7)14(11,12)10(2)3/h4,6,9H,5H2,1-3H3. The van der Waals surface area contributed by atoms with Crippen LogP contribution in [0.1, 0.15) is 4.88 Å². The molecule has 0 radical (unpaired) electrons. The average Bonchev–Trinajstić information content (AvgIpc) is 2.53. The summed E-state index contributed by atoms with van der Waals surface area (Å²) in [5.41, 5.74) is 0. The summed E-state index contributed by atoms with van der Waals surface area (Å²) in [7, 11) is 1.64. The van der Waals surface area contributed by atoms with Crippen LogP contribution in [0.4, 0.5) is 0 Å². The molecule has 0 saturated carbocycles. The summed E-state index contributed by atoms with van der Waals surface area (Å²) < 4.78 is 24.5. The summed E-state index contributed by atoms with van der Waals surface area (Å²) in [5.74, 6) is 0. The molecule has 0 aliphatic rings. The minimum Gasteiger partial charge on any atom is -0.315 e. The Balaban J connectivity index is 2.98. The van der Waals surface area contributed by atoms with E-state index in [-0.39, 0.29) is 0 Å². The SMILES string of the molecule is CNCc1cc(S(=O)(=O)N(C)C)cs1. The molecule has 1 heterocycles. The third-order valence-corrected chi connectivity index (χ3v) is 4.64. The number of rotatable bonds is 4. The number of thiophene rings is 1. The second-order valence-corrected chi connectivity index (χ2v) is 6.21. The van der Waals surface area contributed by atoms with Gasteiger partial charge < -0.3 is 5.32 Å². The summed E-state index contributed by atoms with van der Waals surface area (Å²) in [6, 6.07) is 1.70. The van der Waals surface area contributed by atoms with Crippen LogP contribution < -0.4 is 5.32 Å². The quantitative estimate of drug-likeness (QED) is 0.835. The highest BCUT2D eigenvalue weighted by atomic mass is 32.2. The Morgan fingerprint density at radius 1 is 1.50 bits per heavy atom. The lowest BCUT2D eigenvalue weighted by Crippen LogP contribution is -2.21. The first-order valence-corrected chi connectivity index (χ1v) is 6.45. The molecule has 6 heteroatoms. The molecule has 80 valence electrons. The Morgan fingerprint density at radius 3 is 2.64 bits per heavy atom. The largest absolute Gasteiger partial charge is 0.315 e. The third kappa shape index (κ3) is 2.33. The maximum absolute atomic E-state index is 11.7. The Hall–Kier alpha value is -0.430. The Bertz CT molecular complexity index is 395. The molecule has 0 spiro atoms. The second kappa shape index (κ2) is 4.39. The Kier molecular flexibility index (Phi) is 3.65. The van der Waals surface area contributed by atoms with Gasteiger partial charge in [-0.05, 0) is 13.1 Å². The first-order chi connectivity index (χ1) is 6.48. The van der Waals surface area contributed by atoms with Gasteiger partial charge in [0.1, 0.15) is 0 Å². The van der Waals surface area contributed by atoms with Crippen molar-refractivity contribution in [2.24, 2.45) is 0 Å². The molecule has 0 unspecified atom stereocenters. The van der Waals surface area contributed by atoms with Gasteiger partial charge in [-0.25, -0.2) is 12.7 Å². The molecule has 0 aliphatic heterocycles. The van der Waals surface area contributed by atoms with Crippen LogP contribution in [-0.2, 0) is 16.6 Å². The molecule has 0 aromatic carbocycles. The zero-order valence-corrected chi connectivity index (χ0v) is 10.1. The molecule has 1 aromatic rings. The molecule has 0 aliphatic carbocycles. The van der Waals surface area contributed by atoms with Gasteiger partial charge in [0.25, 0.3) is 0 Å². The number of hydrogen-bond donors (Lipinski definition) is 1. The third-order valence-electron chi connectivity index (χ3n) is 1.76. The molecule has 14 heavy (non-hydrogen) atoms. The zero-order valence-electron chi connectivity index (χ0n) is 8.44. The predicted octanol–water partition coefficient (Wildman–Crippen LogP) is 0.718. The van der Waals surface area contributed by atoms with Gasteiger partial charge in [0.15, 0.2) is 0 Å². The minimum absolute atomic E-state index is 0.373. The van der Waals surface area contributed by atoms with Crippen LogP contribution in [0.3, 0.4) is 0 Å². The van der Waals surface area contributed by atoms with Crippen LogP contribution in [0.15, 0.2) is 16.3 Å².